The Labute approximate surface area is 129 Å². The van der Waals surface area contributed by atoms with E-state index in [1.165, 1.54) is 11.1 Å². The lowest BCUT2D eigenvalue weighted by molar-refractivity contribution is 0.00578. The van der Waals surface area contributed by atoms with E-state index in [1.807, 2.05) is 12.1 Å². The molecular formula is C18H25BO2. The van der Waals surface area contributed by atoms with Gasteiger partial charge < -0.3 is 9.31 Å². The second-order valence-corrected chi connectivity index (χ2v) is 6.61. The van der Waals surface area contributed by atoms with Crippen LogP contribution < -0.4 is 0 Å². The zero-order valence-electron chi connectivity index (χ0n) is 13.8. The van der Waals surface area contributed by atoms with Gasteiger partial charge in [-0.1, -0.05) is 36.4 Å². The average Bonchev–Trinajstić information content (AvgIpc) is 2.65. The molecular weight excluding hydrogens is 259 g/mol. The molecule has 0 aromatic heterocycles. The Bertz CT molecular complexity index is 528. The Morgan fingerprint density at radius 1 is 1.10 bits per heavy atom. The van der Waals surface area contributed by atoms with Crippen LogP contribution in [0.15, 0.2) is 48.5 Å². The van der Waals surface area contributed by atoms with Crippen molar-refractivity contribution in [2.45, 2.75) is 52.2 Å². The van der Waals surface area contributed by atoms with E-state index in [0.29, 0.717) is 0 Å². The molecule has 2 nitrogen and oxygen atoms in total. The molecule has 1 aromatic rings. The van der Waals surface area contributed by atoms with Crippen molar-refractivity contribution in [3.63, 3.8) is 0 Å². The van der Waals surface area contributed by atoms with Crippen molar-refractivity contribution in [2.75, 3.05) is 0 Å². The number of allylic oxidation sites excluding steroid dienone is 3. The summed E-state index contributed by atoms with van der Waals surface area (Å²) in [5.41, 5.74) is 2.93. The molecule has 1 saturated heterocycles. The van der Waals surface area contributed by atoms with Gasteiger partial charge in [0.2, 0.25) is 0 Å². The fourth-order valence-electron chi connectivity index (χ4n) is 2.45. The highest BCUT2D eigenvalue weighted by molar-refractivity contribution is 6.56. The quantitative estimate of drug-likeness (QED) is 0.591. The summed E-state index contributed by atoms with van der Waals surface area (Å²) in [6.45, 7) is 14.3. The van der Waals surface area contributed by atoms with Gasteiger partial charge in [-0.25, -0.2) is 0 Å². The molecule has 1 heterocycles. The third-order valence-corrected chi connectivity index (χ3v) is 4.55. The van der Waals surface area contributed by atoms with Gasteiger partial charge in [-0.3, -0.25) is 0 Å². The molecule has 3 heteroatoms. The summed E-state index contributed by atoms with van der Waals surface area (Å²) in [5.74, 6) is 0. The third kappa shape index (κ3) is 3.14. The van der Waals surface area contributed by atoms with Crippen molar-refractivity contribution in [1.82, 2.24) is 0 Å². The van der Waals surface area contributed by atoms with Crippen LogP contribution in [0.25, 0.3) is 5.57 Å². The van der Waals surface area contributed by atoms with E-state index < -0.39 is 0 Å². The molecule has 0 N–H and O–H groups in total. The third-order valence-electron chi connectivity index (χ3n) is 4.55. The molecule has 1 fully saturated rings. The van der Waals surface area contributed by atoms with Gasteiger partial charge in [0.15, 0.2) is 0 Å². The fraction of sp³-hybridized carbons (Fsp3) is 0.444. The molecule has 1 aliphatic rings. The zero-order chi connectivity index (χ0) is 15.7. The number of hydrogen-bond acceptors (Lipinski definition) is 2. The first-order chi connectivity index (χ1) is 9.78. The molecule has 0 unspecified atom stereocenters. The largest absolute Gasteiger partial charge is 0.490 e. The minimum Gasteiger partial charge on any atom is -0.400 e. The highest BCUT2D eigenvalue weighted by Gasteiger charge is 2.52. The van der Waals surface area contributed by atoms with Gasteiger partial charge in [0, 0.05) is 0 Å². The Morgan fingerprint density at radius 2 is 1.62 bits per heavy atom. The predicted molar refractivity (Wildman–Crippen MR) is 89.9 cm³/mol. The molecule has 0 bridgehead atoms. The molecule has 21 heavy (non-hydrogen) atoms. The normalized spacial score (nSPS) is 21.1. The van der Waals surface area contributed by atoms with E-state index in [2.05, 4.69) is 65.5 Å². The van der Waals surface area contributed by atoms with Crippen LogP contribution in [0.2, 0.25) is 0 Å². The van der Waals surface area contributed by atoms with Crippen molar-refractivity contribution in [2.24, 2.45) is 0 Å². The summed E-state index contributed by atoms with van der Waals surface area (Å²) in [6.07, 6.45) is 2.73. The molecule has 0 amide bonds. The van der Waals surface area contributed by atoms with Crippen LogP contribution in [0, 0.1) is 0 Å². The van der Waals surface area contributed by atoms with Crippen LogP contribution in [-0.4, -0.2) is 18.3 Å². The van der Waals surface area contributed by atoms with Gasteiger partial charge in [-0.05, 0) is 57.6 Å². The minimum absolute atomic E-state index is 0.301. The molecule has 112 valence electrons. The second-order valence-electron chi connectivity index (χ2n) is 6.61. The first-order valence-corrected chi connectivity index (χ1v) is 7.50. The predicted octanol–water partition coefficient (Wildman–Crippen LogP) is 4.67. The van der Waals surface area contributed by atoms with E-state index in [-0.39, 0.29) is 18.3 Å². The first-order valence-electron chi connectivity index (χ1n) is 7.50. The molecule has 0 radical (unpaired) electrons. The fourth-order valence-corrected chi connectivity index (χ4v) is 2.45. The van der Waals surface area contributed by atoms with E-state index in [4.69, 9.17) is 9.31 Å². The summed E-state index contributed by atoms with van der Waals surface area (Å²) in [7, 11) is -0.301. The van der Waals surface area contributed by atoms with Crippen LogP contribution in [0.3, 0.4) is 0 Å². The van der Waals surface area contributed by atoms with E-state index in [9.17, 15) is 0 Å². The molecule has 2 rings (SSSR count). The lowest BCUT2D eigenvalue weighted by Gasteiger charge is -2.32. The Morgan fingerprint density at radius 3 is 2.10 bits per heavy atom. The maximum Gasteiger partial charge on any atom is 0.490 e. The molecule has 0 aliphatic carbocycles. The van der Waals surface area contributed by atoms with Gasteiger partial charge in [0.1, 0.15) is 0 Å². The summed E-state index contributed by atoms with van der Waals surface area (Å²) in [4.78, 5) is 0. The van der Waals surface area contributed by atoms with Crippen molar-refractivity contribution in [3.8, 4) is 0 Å². The van der Waals surface area contributed by atoms with Gasteiger partial charge in [0.05, 0.1) is 11.2 Å². The zero-order valence-corrected chi connectivity index (χ0v) is 13.8. The SMILES string of the molecule is C=CC/C(=C(\C)B1OC(C)(C)C(C)(C)O1)c1ccccc1. The number of hydrogen-bond donors (Lipinski definition) is 0. The summed E-state index contributed by atoms with van der Waals surface area (Å²) >= 11 is 0. The standard InChI is InChI=1S/C18H25BO2/c1-7-11-16(15-12-9-8-10-13-15)14(2)19-20-17(3,4)18(5,6)21-19/h7-10,12-13H,1,11H2,2-6H3/b16-14-. The highest BCUT2D eigenvalue weighted by atomic mass is 16.7. The monoisotopic (exact) mass is 284 g/mol. The Kier molecular flexibility index (Phi) is 4.45. The van der Waals surface area contributed by atoms with Crippen molar-refractivity contribution in [3.05, 3.63) is 54.0 Å². The van der Waals surface area contributed by atoms with E-state index in [0.717, 1.165) is 11.9 Å². The first kappa shape index (κ1) is 16.1. The molecule has 1 aromatic carbocycles. The van der Waals surface area contributed by atoms with Crippen molar-refractivity contribution >= 4 is 12.7 Å². The van der Waals surface area contributed by atoms with Crippen LogP contribution in [0.5, 0.6) is 0 Å². The maximum absolute atomic E-state index is 6.16. The molecule has 0 atom stereocenters. The number of rotatable bonds is 4. The molecule has 0 saturated carbocycles. The van der Waals surface area contributed by atoms with Crippen molar-refractivity contribution < 1.29 is 9.31 Å². The van der Waals surface area contributed by atoms with E-state index >= 15 is 0 Å². The molecule has 0 spiro atoms. The van der Waals surface area contributed by atoms with Crippen molar-refractivity contribution in [1.29, 1.82) is 0 Å². The molecule has 1 aliphatic heterocycles. The lowest BCUT2D eigenvalue weighted by Crippen LogP contribution is -2.41. The van der Waals surface area contributed by atoms with Crippen LogP contribution in [-0.2, 0) is 9.31 Å². The number of benzene rings is 1. The van der Waals surface area contributed by atoms with Gasteiger partial charge in [-0.15, -0.1) is 6.58 Å². The van der Waals surface area contributed by atoms with Gasteiger partial charge in [-0.2, -0.15) is 0 Å². The van der Waals surface area contributed by atoms with Crippen LogP contribution in [0.4, 0.5) is 0 Å². The highest BCUT2D eigenvalue weighted by Crippen LogP contribution is 2.40. The van der Waals surface area contributed by atoms with Crippen LogP contribution in [0.1, 0.15) is 46.6 Å². The van der Waals surface area contributed by atoms with Crippen LogP contribution >= 0.6 is 0 Å². The topological polar surface area (TPSA) is 18.5 Å². The smallest absolute Gasteiger partial charge is 0.400 e. The van der Waals surface area contributed by atoms with E-state index in [1.54, 1.807) is 0 Å². The average molecular weight is 284 g/mol. The lowest BCUT2D eigenvalue weighted by atomic mass is 9.74. The Balaban J connectivity index is 2.38. The summed E-state index contributed by atoms with van der Waals surface area (Å²) in [6, 6.07) is 10.4. The van der Waals surface area contributed by atoms with Gasteiger partial charge >= 0.3 is 7.12 Å². The summed E-state index contributed by atoms with van der Waals surface area (Å²) < 4.78 is 12.3. The Hall–Kier alpha value is -1.32. The van der Waals surface area contributed by atoms with Gasteiger partial charge in [0.25, 0.3) is 0 Å². The second kappa shape index (κ2) is 5.82. The maximum atomic E-state index is 6.16. The summed E-state index contributed by atoms with van der Waals surface area (Å²) in [5, 5.41) is 0. The minimum atomic E-state index is -0.311.